The maximum absolute atomic E-state index is 6.29. The van der Waals surface area contributed by atoms with Crippen molar-refractivity contribution in [3.8, 4) is 5.75 Å². The van der Waals surface area contributed by atoms with Gasteiger partial charge in [-0.3, -0.25) is 0 Å². The number of nitrogens with zero attached hydrogens (tertiary/aromatic N) is 1. The number of oxime groups is 1. The van der Waals surface area contributed by atoms with Gasteiger partial charge < -0.3 is 14.9 Å². The molecule has 1 N–H and O–H groups in total. The van der Waals surface area contributed by atoms with Gasteiger partial charge in [-0.25, -0.2) is 0 Å². The summed E-state index contributed by atoms with van der Waals surface area (Å²) >= 11 is 6.23. The van der Waals surface area contributed by atoms with Crippen molar-refractivity contribution in [2.24, 2.45) is 5.16 Å². The summed E-state index contributed by atoms with van der Waals surface area (Å²) < 4.78 is 6.29. The minimum absolute atomic E-state index is 0.268. The van der Waals surface area contributed by atoms with Crippen LogP contribution >= 0.6 is 11.6 Å². The second kappa shape index (κ2) is 13.2. The van der Waals surface area contributed by atoms with Crippen molar-refractivity contribution in [2.45, 2.75) is 53.2 Å². The number of unbranched alkanes of at least 4 members (excludes halogenated alkanes) is 1. The van der Waals surface area contributed by atoms with E-state index >= 15 is 0 Å². The summed E-state index contributed by atoms with van der Waals surface area (Å²) in [5.74, 6) is 0.792. The van der Waals surface area contributed by atoms with Gasteiger partial charge in [0.2, 0.25) is 0 Å². The number of aryl methyl sites for hydroxylation is 2. The van der Waals surface area contributed by atoms with Crippen molar-refractivity contribution in [2.75, 3.05) is 13.2 Å². The van der Waals surface area contributed by atoms with Gasteiger partial charge in [0, 0.05) is 11.6 Å². The lowest BCUT2D eigenvalue weighted by Gasteiger charge is -2.19. The molecule has 34 heavy (non-hydrogen) atoms. The third-order valence-electron chi connectivity index (χ3n) is 5.81. The number of rotatable bonds is 12. The molecule has 0 spiro atoms. The molecule has 0 aromatic heterocycles. The van der Waals surface area contributed by atoms with E-state index < -0.39 is 0 Å². The highest BCUT2D eigenvalue weighted by atomic mass is 35.5. The molecular formula is C29H35ClN2O2. The number of hydrogen-bond acceptors (Lipinski definition) is 4. The van der Waals surface area contributed by atoms with Gasteiger partial charge in [0.1, 0.15) is 5.75 Å². The molecule has 0 saturated carbocycles. The van der Waals surface area contributed by atoms with Gasteiger partial charge in [0.25, 0.3) is 0 Å². The molecule has 0 aliphatic heterocycles. The van der Waals surface area contributed by atoms with E-state index in [9.17, 15) is 0 Å². The van der Waals surface area contributed by atoms with Gasteiger partial charge in [-0.15, -0.1) is 0 Å². The quantitative estimate of drug-likeness (QED) is 0.167. The fraction of sp³-hybridized carbons (Fsp3) is 0.345. The highest BCUT2D eigenvalue weighted by Crippen LogP contribution is 2.26. The number of halogens is 1. The summed E-state index contributed by atoms with van der Waals surface area (Å²) in [7, 11) is 0. The Morgan fingerprint density at radius 1 is 1.00 bits per heavy atom. The van der Waals surface area contributed by atoms with Gasteiger partial charge in [-0.1, -0.05) is 72.6 Å². The standard InChI is InChI=1S/C29H35ClN2O2/c1-5-6-16-31-19-24-11-13-25(14-12-24)23(4)32-33-20-29(26-8-7-9-27(30)18-26)34-28-15-10-21(2)22(3)17-28/h7-15,17-18,29,31H,5-6,16,19-20H2,1-4H3. The number of benzene rings is 3. The van der Waals surface area contributed by atoms with Crippen molar-refractivity contribution >= 4 is 17.3 Å². The van der Waals surface area contributed by atoms with Crippen molar-refractivity contribution in [3.63, 3.8) is 0 Å². The lowest BCUT2D eigenvalue weighted by atomic mass is 10.1. The van der Waals surface area contributed by atoms with Gasteiger partial charge in [0.15, 0.2) is 12.7 Å². The molecule has 180 valence electrons. The van der Waals surface area contributed by atoms with E-state index in [2.05, 4.69) is 61.6 Å². The first kappa shape index (κ1) is 25.8. The highest BCUT2D eigenvalue weighted by molar-refractivity contribution is 6.30. The van der Waals surface area contributed by atoms with Crippen molar-refractivity contribution in [1.82, 2.24) is 5.32 Å². The fourth-order valence-electron chi connectivity index (χ4n) is 3.51. The Labute approximate surface area is 208 Å². The maximum atomic E-state index is 6.29. The first-order valence-electron chi connectivity index (χ1n) is 11.9. The van der Waals surface area contributed by atoms with Crippen molar-refractivity contribution < 1.29 is 9.57 Å². The zero-order valence-electron chi connectivity index (χ0n) is 20.6. The van der Waals surface area contributed by atoms with Crippen LogP contribution in [0.4, 0.5) is 0 Å². The number of ether oxygens (including phenoxy) is 1. The van der Waals surface area contributed by atoms with E-state index in [4.69, 9.17) is 21.2 Å². The minimum Gasteiger partial charge on any atom is -0.482 e. The third-order valence-corrected chi connectivity index (χ3v) is 6.05. The van der Waals surface area contributed by atoms with Gasteiger partial charge in [0.05, 0.1) is 5.71 Å². The Morgan fingerprint density at radius 3 is 2.50 bits per heavy atom. The zero-order chi connectivity index (χ0) is 24.3. The molecule has 5 heteroatoms. The third kappa shape index (κ3) is 7.89. The molecule has 4 nitrogen and oxygen atoms in total. The molecule has 3 rings (SSSR count). The second-order valence-corrected chi connectivity index (χ2v) is 9.04. The summed E-state index contributed by atoms with van der Waals surface area (Å²) in [6.07, 6.45) is 2.06. The van der Waals surface area contributed by atoms with E-state index in [1.165, 1.54) is 29.5 Å². The summed E-state index contributed by atoms with van der Waals surface area (Å²) in [6, 6.07) is 22.2. The van der Waals surface area contributed by atoms with Crippen LogP contribution in [-0.4, -0.2) is 18.9 Å². The predicted octanol–water partition coefficient (Wildman–Crippen LogP) is 7.41. The minimum atomic E-state index is -0.339. The smallest absolute Gasteiger partial charge is 0.160 e. The predicted molar refractivity (Wildman–Crippen MR) is 142 cm³/mol. The normalized spacial score (nSPS) is 12.4. The van der Waals surface area contributed by atoms with E-state index in [0.717, 1.165) is 35.7 Å². The van der Waals surface area contributed by atoms with Crippen LogP contribution in [0.3, 0.4) is 0 Å². The molecule has 0 amide bonds. The van der Waals surface area contributed by atoms with Crippen LogP contribution in [0.5, 0.6) is 5.75 Å². The first-order chi connectivity index (χ1) is 16.5. The summed E-state index contributed by atoms with van der Waals surface area (Å²) in [5, 5.41) is 8.49. The van der Waals surface area contributed by atoms with Crippen molar-refractivity contribution in [3.05, 3.63) is 99.6 Å². The maximum Gasteiger partial charge on any atom is 0.160 e. The van der Waals surface area contributed by atoms with Gasteiger partial charge >= 0.3 is 0 Å². The molecule has 0 aliphatic rings. The highest BCUT2D eigenvalue weighted by Gasteiger charge is 2.16. The Hall–Kier alpha value is -2.82. The largest absolute Gasteiger partial charge is 0.482 e. The van der Waals surface area contributed by atoms with Crippen LogP contribution in [0.15, 0.2) is 71.9 Å². The lowest BCUT2D eigenvalue weighted by molar-refractivity contribution is 0.0533. The number of hydrogen-bond donors (Lipinski definition) is 1. The monoisotopic (exact) mass is 478 g/mol. The van der Waals surface area contributed by atoms with Gasteiger partial charge in [-0.05, 0) is 85.8 Å². The van der Waals surface area contributed by atoms with Crippen molar-refractivity contribution in [1.29, 1.82) is 0 Å². The fourth-order valence-corrected chi connectivity index (χ4v) is 3.71. The Bertz CT molecular complexity index is 1080. The van der Waals surface area contributed by atoms with Crippen LogP contribution in [0.1, 0.15) is 60.6 Å². The average Bonchev–Trinajstić information content (AvgIpc) is 2.84. The van der Waals surface area contributed by atoms with E-state index in [-0.39, 0.29) is 12.7 Å². The van der Waals surface area contributed by atoms with Gasteiger partial charge in [-0.2, -0.15) is 0 Å². The van der Waals surface area contributed by atoms with E-state index in [1.54, 1.807) is 0 Å². The van der Waals surface area contributed by atoms with Crippen LogP contribution in [0.2, 0.25) is 5.02 Å². The molecule has 0 heterocycles. The SMILES string of the molecule is CCCCNCc1ccc(C(C)=NOCC(Oc2ccc(C)c(C)c2)c2cccc(Cl)c2)cc1. The van der Waals surface area contributed by atoms with E-state index in [1.807, 2.05) is 43.3 Å². The molecule has 1 unspecified atom stereocenters. The molecular weight excluding hydrogens is 444 g/mol. The molecule has 1 atom stereocenters. The Balaban J connectivity index is 1.65. The van der Waals surface area contributed by atoms with Crippen LogP contribution in [-0.2, 0) is 11.4 Å². The molecule has 3 aromatic carbocycles. The van der Waals surface area contributed by atoms with Crippen LogP contribution < -0.4 is 10.1 Å². The number of nitrogens with one attached hydrogen (secondary N) is 1. The summed E-state index contributed by atoms with van der Waals surface area (Å²) in [4.78, 5) is 5.76. The topological polar surface area (TPSA) is 42.9 Å². The Kier molecular flexibility index (Phi) is 9.99. The lowest BCUT2D eigenvalue weighted by Crippen LogP contribution is -2.14. The first-order valence-corrected chi connectivity index (χ1v) is 12.3. The molecule has 0 bridgehead atoms. The van der Waals surface area contributed by atoms with Crippen LogP contribution in [0, 0.1) is 13.8 Å². The van der Waals surface area contributed by atoms with Crippen LogP contribution in [0.25, 0.3) is 0 Å². The molecule has 0 radical (unpaired) electrons. The molecule has 3 aromatic rings. The zero-order valence-corrected chi connectivity index (χ0v) is 21.4. The Morgan fingerprint density at radius 2 is 1.79 bits per heavy atom. The summed E-state index contributed by atoms with van der Waals surface area (Å²) in [6.45, 7) is 10.5. The average molecular weight is 479 g/mol. The molecule has 0 fully saturated rings. The summed E-state index contributed by atoms with van der Waals surface area (Å²) in [5.41, 5.74) is 6.47. The molecule has 0 aliphatic carbocycles. The van der Waals surface area contributed by atoms with E-state index in [0.29, 0.717) is 5.02 Å². The second-order valence-electron chi connectivity index (χ2n) is 8.61. The molecule has 0 saturated heterocycles.